The van der Waals surface area contributed by atoms with Gasteiger partial charge in [-0.3, -0.25) is 6.08 Å². The maximum absolute atomic E-state index is 3.30. The summed E-state index contributed by atoms with van der Waals surface area (Å²) in [5.41, 5.74) is 8.33. The Balaban J connectivity index is 0.000000326. The minimum absolute atomic E-state index is 0. The molecule has 4 aromatic rings. The van der Waals surface area contributed by atoms with Crippen LogP contribution in [0.5, 0.6) is 0 Å². The van der Waals surface area contributed by atoms with Crippen LogP contribution in [0.1, 0.15) is 70.2 Å². The number of benzene rings is 4. The molecule has 5 heteroatoms. The van der Waals surface area contributed by atoms with Crippen molar-refractivity contribution in [2.24, 2.45) is 0 Å². The molecule has 0 heterocycles. The zero-order valence-electron chi connectivity index (χ0n) is 29.8. The third kappa shape index (κ3) is 9.88. The Morgan fingerprint density at radius 3 is 1.52 bits per heavy atom. The second-order valence-electron chi connectivity index (χ2n) is 12.6. The van der Waals surface area contributed by atoms with E-state index >= 15 is 0 Å². The zero-order valence-corrected chi connectivity index (χ0v) is 35.8. The molecular formula is C43H52Cl2Si2Zr-2. The molecule has 2 aliphatic carbocycles. The predicted molar refractivity (Wildman–Crippen MR) is 205 cm³/mol. The van der Waals surface area contributed by atoms with Crippen LogP contribution in [0.3, 0.4) is 0 Å². The Morgan fingerprint density at radius 2 is 1.10 bits per heavy atom. The van der Waals surface area contributed by atoms with Crippen molar-refractivity contribution >= 4 is 29.7 Å². The first-order valence-corrected chi connectivity index (χ1v) is 24.0. The van der Waals surface area contributed by atoms with Gasteiger partial charge in [0.25, 0.3) is 0 Å². The summed E-state index contributed by atoms with van der Waals surface area (Å²) in [6, 6.07) is 45.6. The van der Waals surface area contributed by atoms with Crippen molar-refractivity contribution in [3.8, 4) is 11.1 Å². The molecule has 48 heavy (non-hydrogen) atoms. The SMILES string of the molecule is CC[Si](CC)(CC)c1ccc([C](=[Zr+2])c2ccc([Si](CC)(CC)CC)cc2)cc1.[C-]1=CC=CC1.[Cl-].[Cl-].[c-]1cccc2c1Cc1ccccc1-2. The fourth-order valence-corrected chi connectivity index (χ4v) is 15.2. The van der Waals surface area contributed by atoms with Crippen LogP contribution < -0.4 is 35.2 Å². The van der Waals surface area contributed by atoms with Crippen LogP contribution in [0.2, 0.25) is 36.3 Å². The van der Waals surface area contributed by atoms with E-state index in [-0.39, 0.29) is 24.8 Å². The van der Waals surface area contributed by atoms with Gasteiger partial charge in [0.2, 0.25) is 0 Å². The molecule has 0 spiro atoms. The quantitative estimate of drug-likeness (QED) is 0.144. The molecule has 252 valence electrons. The van der Waals surface area contributed by atoms with Gasteiger partial charge in [-0.2, -0.15) is 35.9 Å². The smallest absolute Gasteiger partial charge is 0.0253 e. The molecule has 0 unspecified atom stereocenters. The van der Waals surface area contributed by atoms with Gasteiger partial charge in [0, 0.05) is 0 Å². The fourth-order valence-electron chi connectivity index (χ4n) is 7.21. The van der Waals surface area contributed by atoms with Crippen molar-refractivity contribution in [2.75, 3.05) is 0 Å². The summed E-state index contributed by atoms with van der Waals surface area (Å²) < 4.78 is 1.49. The van der Waals surface area contributed by atoms with Crippen molar-refractivity contribution in [1.29, 1.82) is 0 Å². The van der Waals surface area contributed by atoms with E-state index in [0.29, 0.717) is 0 Å². The predicted octanol–water partition coefficient (Wildman–Crippen LogP) is 4.60. The van der Waals surface area contributed by atoms with Gasteiger partial charge in [-0.1, -0.05) is 35.4 Å². The van der Waals surface area contributed by atoms with E-state index in [9.17, 15) is 0 Å². The first-order chi connectivity index (χ1) is 22.4. The van der Waals surface area contributed by atoms with Crippen molar-refractivity contribution in [2.45, 2.75) is 90.6 Å². The van der Waals surface area contributed by atoms with Gasteiger partial charge < -0.3 is 24.8 Å². The largest absolute Gasteiger partial charge is 1.00 e. The van der Waals surface area contributed by atoms with Crippen LogP contribution in [0.25, 0.3) is 11.1 Å². The van der Waals surface area contributed by atoms with Gasteiger partial charge in [0.1, 0.15) is 0 Å². The minimum atomic E-state index is -1.27. The van der Waals surface area contributed by atoms with Crippen LogP contribution in [0, 0.1) is 12.1 Å². The van der Waals surface area contributed by atoms with Crippen LogP contribution in [0.15, 0.2) is 109 Å². The first kappa shape index (κ1) is 42.3. The van der Waals surface area contributed by atoms with Crippen LogP contribution >= 0.6 is 0 Å². The van der Waals surface area contributed by atoms with E-state index in [0.717, 1.165) is 12.8 Å². The number of halogens is 2. The second-order valence-corrected chi connectivity index (χ2v) is 24.4. The van der Waals surface area contributed by atoms with Crippen LogP contribution in [0.4, 0.5) is 0 Å². The summed E-state index contributed by atoms with van der Waals surface area (Å²) in [6.07, 6.45) is 11.0. The average molecular weight is 787 g/mol. The molecule has 0 bridgehead atoms. The molecule has 0 amide bonds. The second kappa shape index (κ2) is 20.7. The molecule has 0 aromatic heterocycles. The van der Waals surface area contributed by atoms with Crippen molar-refractivity contribution in [3.63, 3.8) is 0 Å². The molecule has 6 rings (SSSR count). The summed E-state index contributed by atoms with van der Waals surface area (Å²) in [5.74, 6) is 0. The number of hydrogen-bond acceptors (Lipinski definition) is 0. The summed E-state index contributed by atoms with van der Waals surface area (Å²) in [7, 11) is -2.54. The third-order valence-electron chi connectivity index (χ3n) is 10.8. The third-order valence-corrected chi connectivity index (χ3v) is 23.5. The Hall–Kier alpha value is -1.87. The molecule has 0 saturated carbocycles. The summed E-state index contributed by atoms with van der Waals surface area (Å²) >= 11 is 1.50. The average Bonchev–Trinajstić information content (AvgIpc) is 3.84. The number of hydrogen-bond donors (Lipinski definition) is 0. The molecule has 0 radical (unpaired) electrons. The Labute approximate surface area is 321 Å². The van der Waals surface area contributed by atoms with Gasteiger partial charge in [-0.05, 0) is 6.42 Å². The van der Waals surface area contributed by atoms with Gasteiger partial charge in [0.15, 0.2) is 0 Å². The van der Waals surface area contributed by atoms with Crippen molar-refractivity contribution in [3.05, 3.63) is 144 Å². The first-order valence-electron chi connectivity index (χ1n) is 17.5. The van der Waals surface area contributed by atoms with Gasteiger partial charge in [-0.25, -0.2) is 12.2 Å². The van der Waals surface area contributed by atoms with E-state index in [2.05, 4.69) is 145 Å². The molecule has 0 fully saturated rings. The van der Waals surface area contributed by atoms with Gasteiger partial charge in [-0.15, -0.1) is 12.0 Å². The molecule has 0 N–H and O–H groups in total. The van der Waals surface area contributed by atoms with E-state index < -0.39 is 16.1 Å². The fraction of sp³-hybridized carbons (Fsp3) is 0.326. The van der Waals surface area contributed by atoms with E-state index in [1.165, 1.54) is 97.1 Å². The van der Waals surface area contributed by atoms with Crippen LogP contribution in [-0.2, 0) is 30.7 Å². The van der Waals surface area contributed by atoms with E-state index in [1.54, 1.807) is 10.4 Å². The minimum Gasteiger partial charge on any atom is -1.00 e. The summed E-state index contributed by atoms with van der Waals surface area (Å²) in [5, 5.41) is 3.29. The molecule has 0 nitrogen and oxygen atoms in total. The molecule has 0 atom stereocenters. The Morgan fingerprint density at radius 1 is 0.625 bits per heavy atom. The van der Waals surface area contributed by atoms with E-state index in [1.807, 2.05) is 18.2 Å². The molecule has 2 aliphatic rings. The molecule has 0 aliphatic heterocycles. The van der Waals surface area contributed by atoms with E-state index in [4.69, 9.17) is 0 Å². The molecule has 0 saturated heterocycles. The van der Waals surface area contributed by atoms with Crippen LogP contribution in [-0.4, -0.2) is 19.4 Å². The Bertz CT molecular complexity index is 1480. The van der Waals surface area contributed by atoms with Crippen molar-refractivity contribution < 1.29 is 49.0 Å². The Kier molecular flexibility index (Phi) is 18.3. The number of allylic oxidation sites excluding steroid dienone is 4. The van der Waals surface area contributed by atoms with Crippen molar-refractivity contribution in [1.82, 2.24) is 0 Å². The van der Waals surface area contributed by atoms with Gasteiger partial charge >= 0.3 is 191 Å². The van der Waals surface area contributed by atoms with Gasteiger partial charge in [0.05, 0.1) is 0 Å². The zero-order chi connectivity index (χ0) is 33.0. The summed E-state index contributed by atoms with van der Waals surface area (Å²) in [4.78, 5) is 0. The monoisotopic (exact) mass is 784 g/mol. The topological polar surface area (TPSA) is 0 Å². The summed E-state index contributed by atoms with van der Waals surface area (Å²) in [6.45, 7) is 14.3. The maximum atomic E-state index is 3.30. The number of rotatable bonds is 10. The standard InChI is InChI=1S/C25H38Si2.C13H9.C5H5.2ClH.Zr/c1-7-26(8-2,9-3)24-17-13-22(14-18-24)21-23-15-19-25(20-16-23)27(10-4,11-5)12-6;1-3-7-12-10(5-1)9-11-6-2-4-8-13(11)12;1-2-4-5-3-1;;;/h13-20H,7-12H2,1-6H3;1-5,7-8H,9H2;1-3H,4H2;2*1H;/q;2*-1;;;+2/p-2. The number of fused-ring (bicyclic) bond motifs is 3. The normalized spacial score (nSPS) is 12.3. The molecular weight excluding hydrogens is 735 g/mol. The maximum Gasteiger partial charge on any atom is -0.0253 e. The molecule has 4 aromatic carbocycles.